The van der Waals surface area contributed by atoms with Crippen LogP contribution < -0.4 is 5.32 Å². The normalized spacial score (nSPS) is 22.7. The van der Waals surface area contributed by atoms with E-state index < -0.39 is 0 Å². The van der Waals surface area contributed by atoms with Crippen molar-refractivity contribution in [3.05, 3.63) is 0 Å². The largest absolute Gasteiger partial charge is 0.465 e. The molecule has 88 valence electrons. The Bertz CT molecular complexity index is 199. The number of hydrogen-bond acceptors (Lipinski definition) is 5. The van der Waals surface area contributed by atoms with E-state index in [1.807, 2.05) is 6.92 Å². The summed E-state index contributed by atoms with van der Waals surface area (Å²) >= 11 is 0. The zero-order valence-electron chi connectivity index (χ0n) is 9.24. The van der Waals surface area contributed by atoms with Gasteiger partial charge in [-0.2, -0.15) is 0 Å². The monoisotopic (exact) mass is 216 g/mol. The topological polar surface area (TPSA) is 61.8 Å². The van der Waals surface area contributed by atoms with E-state index >= 15 is 0 Å². The first kappa shape index (κ1) is 12.4. The predicted molar refractivity (Wildman–Crippen MR) is 56.6 cm³/mol. The van der Waals surface area contributed by atoms with Crippen molar-refractivity contribution in [2.45, 2.75) is 19.4 Å². The molecule has 1 aliphatic heterocycles. The molecule has 15 heavy (non-hydrogen) atoms. The van der Waals surface area contributed by atoms with Crippen LogP contribution >= 0.6 is 0 Å². The van der Waals surface area contributed by atoms with Crippen LogP contribution in [-0.4, -0.2) is 61.4 Å². The summed E-state index contributed by atoms with van der Waals surface area (Å²) in [5.74, 6) is -0.164. The molecule has 0 aliphatic carbocycles. The van der Waals surface area contributed by atoms with Gasteiger partial charge in [-0.3, -0.25) is 9.69 Å². The first-order valence-electron chi connectivity index (χ1n) is 5.51. The average Bonchev–Trinajstić information content (AvgIpc) is 2.27. The number of carbonyl (C=O) groups excluding carboxylic acids is 1. The maximum Gasteiger partial charge on any atom is 0.324 e. The molecule has 1 atom stereocenters. The minimum absolute atomic E-state index is 0.164. The number of piperazine rings is 1. The van der Waals surface area contributed by atoms with Crippen molar-refractivity contribution in [2.75, 3.05) is 39.4 Å². The van der Waals surface area contributed by atoms with E-state index in [-0.39, 0.29) is 18.6 Å². The molecule has 1 unspecified atom stereocenters. The summed E-state index contributed by atoms with van der Waals surface area (Å²) in [5.41, 5.74) is 0. The molecule has 0 bridgehead atoms. The van der Waals surface area contributed by atoms with Crippen molar-refractivity contribution in [3.8, 4) is 0 Å². The highest BCUT2D eigenvalue weighted by Gasteiger charge is 2.28. The highest BCUT2D eigenvalue weighted by molar-refractivity contribution is 5.76. The van der Waals surface area contributed by atoms with E-state index in [4.69, 9.17) is 9.84 Å². The number of aliphatic hydroxyl groups is 1. The van der Waals surface area contributed by atoms with Gasteiger partial charge in [-0.05, 0) is 13.3 Å². The minimum Gasteiger partial charge on any atom is -0.465 e. The Morgan fingerprint density at radius 3 is 3.13 bits per heavy atom. The number of hydrogen-bond donors (Lipinski definition) is 2. The Labute approximate surface area is 90.4 Å². The first-order chi connectivity index (χ1) is 7.29. The van der Waals surface area contributed by atoms with Gasteiger partial charge < -0.3 is 15.2 Å². The van der Waals surface area contributed by atoms with Crippen molar-refractivity contribution in [3.63, 3.8) is 0 Å². The number of esters is 1. The summed E-state index contributed by atoms with van der Waals surface area (Å²) in [6, 6.07) is -0.190. The van der Waals surface area contributed by atoms with Crippen LogP contribution in [0.1, 0.15) is 13.3 Å². The first-order valence-corrected chi connectivity index (χ1v) is 5.51. The second kappa shape index (κ2) is 6.76. The third-order valence-corrected chi connectivity index (χ3v) is 2.52. The van der Waals surface area contributed by atoms with Crippen LogP contribution in [0.2, 0.25) is 0 Å². The summed E-state index contributed by atoms with van der Waals surface area (Å²) in [7, 11) is 0. The molecule has 0 amide bonds. The van der Waals surface area contributed by atoms with Gasteiger partial charge in [0, 0.05) is 32.8 Å². The maximum atomic E-state index is 11.6. The Kier molecular flexibility index (Phi) is 5.60. The van der Waals surface area contributed by atoms with Gasteiger partial charge >= 0.3 is 5.97 Å². The third-order valence-electron chi connectivity index (χ3n) is 2.52. The van der Waals surface area contributed by atoms with Crippen molar-refractivity contribution < 1.29 is 14.6 Å². The Balaban J connectivity index is 2.45. The van der Waals surface area contributed by atoms with Gasteiger partial charge in [0.25, 0.3) is 0 Å². The van der Waals surface area contributed by atoms with Crippen LogP contribution in [0.15, 0.2) is 0 Å². The SMILES string of the molecule is CCOC(=O)C1CNCCN1CCCO. The van der Waals surface area contributed by atoms with E-state index in [1.165, 1.54) is 0 Å². The van der Waals surface area contributed by atoms with Crippen LogP contribution in [0.4, 0.5) is 0 Å². The van der Waals surface area contributed by atoms with Gasteiger partial charge in [0.05, 0.1) is 6.61 Å². The fourth-order valence-corrected chi connectivity index (χ4v) is 1.76. The standard InChI is InChI=1S/C10H20N2O3/c1-2-15-10(14)9-8-11-4-6-12(9)5-3-7-13/h9,11,13H,2-8H2,1H3. The molecule has 0 aromatic carbocycles. The number of ether oxygens (including phenoxy) is 1. The van der Waals surface area contributed by atoms with Crippen molar-refractivity contribution in [1.82, 2.24) is 10.2 Å². The van der Waals surface area contributed by atoms with E-state index in [9.17, 15) is 4.79 Å². The lowest BCUT2D eigenvalue weighted by Crippen LogP contribution is -2.55. The van der Waals surface area contributed by atoms with Gasteiger partial charge in [0.1, 0.15) is 6.04 Å². The summed E-state index contributed by atoms with van der Waals surface area (Å²) in [6.07, 6.45) is 0.704. The zero-order chi connectivity index (χ0) is 11.1. The second-order valence-corrected chi connectivity index (χ2v) is 3.59. The fourth-order valence-electron chi connectivity index (χ4n) is 1.76. The highest BCUT2D eigenvalue weighted by atomic mass is 16.5. The van der Waals surface area contributed by atoms with Crippen molar-refractivity contribution >= 4 is 5.97 Å². The number of rotatable bonds is 5. The van der Waals surface area contributed by atoms with Crippen molar-refractivity contribution in [1.29, 1.82) is 0 Å². The van der Waals surface area contributed by atoms with Gasteiger partial charge in [0.2, 0.25) is 0 Å². The molecular weight excluding hydrogens is 196 g/mol. The van der Waals surface area contributed by atoms with Gasteiger partial charge in [0.15, 0.2) is 0 Å². The Morgan fingerprint density at radius 1 is 1.67 bits per heavy atom. The molecule has 1 saturated heterocycles. The smallest absolute Gasteiger partial charge is 0.324 e. The van der Waals surface area contributed by atoms with E-state index in [1.54, 1.807) is 0 Å². The quantitative estimate of drug-likeness (QED) is 0.590. The molecule has 1 aliphatic rings. The maximum absolute atomic E-state index is 11.6. The van der Waals surface area contributed by atoms with Crippen LogP contribution in [0.3, 0.4) is 0 Å². The highest BCUT2D eigenvalue weighted by Crippen LogP contribution is 2.06. The predicted octanol–water partition coefficient (Wildman–Crippen LogP) is -0.794. The third kappa shape index (κ3) is 3.77. The Hall–Kier alpha value is -0.650. The van der Waals surface area contributed by atoms with E-state index in [2.05, 4.69) is 10.2 Å². The van der Waals surface area contributed by atoms with Gasteiger partial charge in [-0.25, -0.2) is 0 Å². The number of nitrogens with one attached hydrogen (secondary N) is 1. The van der Waals surface area contributed by atoms with Crippen LogP contribution in [0.25, 0.3) is 0 Å². The molecule has 1 rings (SSSR count). The lowest BCUT2D eigenvalue weighted by atomic mass is 10.2. The number of carbonyl (C=O) groups is 1. The molecule has 0 aromatic heterocycles. The van der Waals surface area contributed by atoms with Crippen molar-refractivity contribution in [2.24, 2.45) is 0 Å². The zero-order valence-corrected chi connectivity index (χ0v) is 9.24. The lowest BCUT2D eigenvalue weighted by molar-refractivity contribution is -0.150. The average molecular weight is 216 g/mol. The second-order valence-electron chi connectivity index (χ2n) is 3.59. The van der Waals surface area contributed by atoms with E-state index in [0.717, 1.165) is 19.6 Å². The summed E-state index contributed by atoms with van der Waals surface area (Å²) < 4.78 is 5.01. The fraction of sp³-hybridized carbons (Fsp3) is 0.900. The summed E-state index contributed by atoms with van der Waals surface area (Å²) in [5, 5.41) is 11.9. The van der Waals surface area contributed by atoms with Crippen LogP contribution in [-0.2, 0) is 9.53 Å². The summed E-state index contributed by atoms with van der Waals surface area (Å²) in [4.78, 5) is 13.7. The number of nitrogens with zero attached hydrogens (tertiary/aromatic N) is 1. The minimum atomic E-state index is -0.190. The molecule has 0 spiro atoms. The summed E-state index contributed by atoms with van der Waals surface area (Å²) in [6.45, 7) is 5.52. The molecule has 5 nitrogen and oxygen atoms in total. The van der Waals surface area contributed by atoms with Gasteiger partial charge in [-0.15, -0.1) is 0 Å². The van der Waals surface area contributed by atoms with E-state index in [0.29, 0.717) is 19.6 Å². The lowest BCUT2D eigenvalue weighted by Gasteiger charge is -2.34. The van der Waals surface area contributed by atoms with Crippen LogP contribution in [0.5, 0.6) is 0 Å². The molecule has 2 N–H and O–H groups in total. The van der Waals surface area contributed by atoms with Crippen LogP contribution in [0, 0.1) is 0 Å². The Morgan fingerprint density at radius 2 is 2.47 bits per heavy atom. The molecule has 1 fully saturated rings. The molecule has 1 heterocycles. The molecule has 5 heteroatoms. The van der Waals surface area contributed by atoms with Gasteiger partial charge in [-0.1, -0.05) is 0 Å². The molecular formula is C10H20N2O3. The molecule has 0 radical (unpaired) electrons. The molecule has 0 saturated carbocycles. The molecule has 0 aromatic rings. The number of aliphatic hydroxyl groups excluding tert-OH is 1.